The first kappa shape index (κ1) is 22.1. The van der Waals surface area contributed by atoms with Crippen molar-refractivity contribution in [1.82, 2.24) is 4.98 Å². The normalized spacial score (nSPS) is 10.6. The summed E-state index contributed by atoms with van der Waals surface area (Å²) in [6.45, 7) is 2.37. The molecule has 0 aliphatic carbocycles. The largest absolute Gasteiger partial charge is 0.386 e. The van der Waals surface area contributed by atoms with Gasteiger partial charge in [-0.05, 0) is 41.8 Å². The van der Waals surface area contributed by atoms with Gasteiger partial charge in [-0.2, -0.15) is 0 Å². The number of halogens is 3. The molecule has 0 fully saturated rings. The Balaban J connectivity index is 1.75. The van der Waals surface area contributed by atoms with Crippen LogP contribution in [0.5, 0.6) is 0 Å². The number of pyridine rings is 1. The van der Waals surface area contributed by atoms with E-state index in [2.05, 4.69) is 20.9 Å². The second-order valence-electron chi connectivity index (χ2n) is 6.93. The van der Waals surface area contributed by atoms with E-state index >= 15 is 0 Å². The van der Waals surface area contributed by atoms with Crippen LogP contribution in [0, 0.1) is 17.5 Å². The van der Waals surface area contributed by atoms with Crippen molar-refractivity contribution in [3.63, 3.8) is 0 Å². The van der Waals surface area contributed by atoms with Crippen molar-refractivity contribution < 1.29 is 18.0 Å². The average molecular weight is 428 g/mol. The van der Waals surface area contributed by atoms with E-state index in [9.17, 15) is 18.0 Å². The highest BCUT2D eigenvalue weighted by molar-refractivity contribution is 5.96. The molecule has 1 aromatic heterocycles. The first-order valence-corrected chi connectivity index (χ1v) is 9.83. The van der Waals surface area contributed by atoms with E-state index in [0.29, 0.717) is 41.4 Å². The monoisotopic (exact) mass is 428 g/mol. The number of nitrogens with one attached hydrogen (secondary N) is 3. The number of anilines is 3. The van der Waals surface area contributed by atoms with Crippen molar-refractivity contribution in [2.45, 2.75) is 26.3 Å². The van der Waals surface area contributed by atoms with Gasteiger partial charge < -0.3 is 16.0 Å². The molecule has 0 saturated heterocycles. The van der Waals surface area contributed by atoms with Gasteiger partial charge in [-0.3, -0.25) is 4.79 Å². The minimum Gasteiger partial charge on any atom is -0.386 e. The maximum Gasteiger partial charge on any atom is 0.228 e. The molecule has 31 heavy (non-hydrogen) atoms. The predicted octanol–water partition coefficient (Wildman–Crippen LogP) is 4.90. The van der Waals surface area contributed by atoms with E-state index < -0.39 is 11.6 Å². The van der Waals surface area contributed by atoms with Crippen LogP contribution >= 0.6 is 0 Å². The van der Waals surface area contributed by atoms with Gasteiger partial charge in [0.15, 0.2) is 11.6 Å². The maximum atomic E-state index is 13.4. The molecule has 0 atom stereocenters. The number of hydrogen-bond donors (Lipinski definition) is 3. The Hall–Kier alpha value is -3.55. The highest BCUT2D eigenvalue weighted by Crippen LogP contribution is 2.29. The molecular formula is C23H23F3N4O. The lowest BCUT2D eigenvalue weighted by molar-refractivity contribution is -0.115. The van der Waals surface area contributed by atoms with E-state index in [4.69, 9.17) is 0 Å². The lowest BCUT2D eigenvalue weighted by atomic mass is 10.1. The number of aryl methyl sites for hydroxylation is 1. The highest BCUT2D eigenvalue weighted by Gasteiger charge is 2.15. The third-order valence-corrected chi connectivity index (χ3v) is 4.70. The molecule has 3 rings (SSSR count). The van der Waals surface area contributed by atoms with Crippen LogP contribution in [-0.4, -0.2) is 17.9 Å². The number of amides is 1. The summed E-state index contributed by atoms with van der Waals surface area (Å²) in [6, 6.07) is 11.3. The van der Waals surface area contributed by atoms with Crippen LogP contribution in [0.15, 0.2) is 48.5 Å². The Morgan fingerprint density at radius 3 is 2.32 bits per heavy atom. The van der Waals surface area contributed by atoms with Gasteiger partial charge in [0, 0.05) is 19.7 Å². The van der Waals surface area contributed by atoms with Gasteiger partial charge in [0.1, 0.15) is 11.6 Å². The second-order valence-corrected chi connectivity index (χ2v) is 6.93. The second kappa shape index (κ2) is 9.97. The molecule has 0 unspecified atom stereocenters. The smallest absolute Gasteiger partial charge is 0.228 e. The summed E-state index contributed by atoms with van der Waals surface area (Å²) in [5.41, 5.74) is 3.12. The first-order valence-electron chi connectivity index (χ1n) is 9.83. The summed E-state index contributed by atoms with van der Waals surface area (Å²) in [5, 5.41) is 9.07. The van der Waals surface area contributed by atoms with E-state index in [0.717, 1.165) is 17.7 Å². The van der Waals surface area contributed by atoms with Gasteiger partial charge in [0.05, 0.1) is 23.5 Å². The van der Waals surface area contributed by atoms with Gasteiger partial charge in [-0.15, -0.1) is 0 Å². The molecule has 0 bridgehead atoms. The molecule has 0 spiro atoms. The number of nitrogens with zero attached hydrogens (tertiary/aromatic N) is 1. The average Bonchev–Trinajstić information content (AvgIpc) is 2.76. The quantitative estimate of drug-likeness (QED) is 0.478. The first-order chi connectivity index (χ1) is 14.9. The zero-order valence-electron chi connectivity index (χ0n) is 17.2. The van der Waals surface area contributed by atoms with Crippen molar-refractivity contribution in [3.8, 4) is 0 Å². The molecule has 0 saturated carbocycles. The Morgan fingerprint density at radius 1 is 0.968 bits per heavy atom. The summed E-state index contributed by atoms with van der Waals surface area (Å²) in [4.78, 5) is 17.1. The van der Waals surface area contributed by atoms with Gasteiger partial charge in [0.25, 0.3) is 0 Å². The lowest BCUT2D eigenvalue weighted by Gasteiger charge is -2.17. The van der Waals surface area contributed by atoms with Crippen LogP contribution in [0.2, 0.25) is 0 Å². The number of rotatable bonds is 8. The van der Waals surface area contributed by atoms with E-state index in [1.807, 2.05) is 6.92 Å². The van der Waals surface area contributed by atoms with Gasteiger partial charge in [-0.1, -0.05) is 25.1 Å². The van der Waals surface area contributed by atoms with Crippen molar-refractivity contribution in [2.75, 3.05) is 23.0 Å². The molecule has 0 aliphatic heterocycles. The fourth-order valence-corrected chi connectivity index (χ4v) is 3.09. The van der Waals surface area contributed by atoms with Crippen LogP contribution in [-0.2, 0) is 24.2 Å². The van der Waals surface area contributed by atoms with Crippen LogP contribution in [0.3, 0.4) is 0 Å². The van der Waals surface area contributed by atoms with Crippen LogP contribution < -0.4 is 16.0 Å². The zero-order chi connectivity index (χ0) is 22.4. The van der Waals surface area contributed by atoms with Gasteiger partial charge in [-0.25, -0.2) is 18.2 Å². The Bertz CT molecular complexity index is 1050. The van der Waals surface area contributed by atoms with Crippen LogP contribution in [0.1, 0.15) is 23.7 Å². The molecule has 5 nitrogen and oxygen atoms in total. The highest BCUT2D eigenvalue weighted by atomic mass is 19.2. The van der Waals surface area contributed by atoms with Gasteiger partial charge >= 0.3 is 0 Å². The van der Waals surface area contributed by atoms with Crippen molar-refractivity contribution >= 4 is 23.1 Å². The molecule has 1 heterocycles. The molecule has 0 radical (unpaired) electrons. The Morgan fingerprint density at radius 2 is 1.68 bits per heavy atom. The standard InChI is InChI=1S/C23H23F3N4O/c1-3-19-23(30-22(31)11-15-6-9-17(25)18(26)10-15)20(27-2)12-21(29-19)28-13-14-4-7-16(24)8-5-14/h4-10,12H,3,11,13H2,1-2H3,(H,30,31)(H2,27,28,29). The van der Waals surface area contributed by atoms with Crippen molar-refractivity contribution in [1.29, 1.82) is 0 Å². The Kier molecular flexibility index (Phi) is 7.12. The molecular weight excluding hydrogens is 405 g/mol. The van der Waals surface area contributed by atoms with Crippen molar-refractivity contribution in [2.24, 2.45) is 0 Å². The predicted molar refractivity (Wildman–Crippen MR) is 116 cm³/mol. The molecule has 3 N–H and O–H groups in total. The minimum atomic E-state index is -0.992. The van der Waals surface area contributed by atoms with Crippen LogP contribution in [0.25, 0.3) is 0 Å². The third kappa shape index (κ3) is 5.75. The third-order valence-electron chi connectivity index (χ3n) is 4.70. The van der Waals surface area contributed by atoms with E-state index in [1.165, 1.54) is 18.2 Å². The summed E-state index contributed by atoms with van der Waals surface area (Å²) >= 11 is 0. The molecule has 8 heteroatoms. The number of carbonyl (C=O) groups is 1. The minimum absolute atomic E-state index is 0.103. The SMILES string of the molecule is CCc1nc(NCc2ccc(F)cc2)cc(NC)c1NC(=O)Cc1ccc(F)c(F)c1. The topological polar surface area (TPSA) is 66.1 Å². The lowest BCUT2D eigenvalue weighted by Crippen LogP contribution is -2.18. The number of aromatic nitrogens is 1. The number of hydrogen-bond acceptors (Lipinski definition) is 4. The number of benzene rings is 2. The molecule has 1 amide bonds. The Labute approximate surface area is 178 Å². The molecule has 3 aromatic rings. The fraction of sp³-hybridized carbons (Fsp3) is 0.217. The van der Waals surface area contributed by atoms with Crippen molar-refractivity contribution in [3.05, 3.63) is 82.8 Å². The van der Waals surface area contributed by atoms with Crippen LogP contribution in [0.4, 0.5) is 30.4 Å². The van der Waals surface area contributed by atoms with E-state index in [-0.39, 0.29) is 18.1 Å². The number of carbonyl (C=O) groups excluding carboxylic acids is 1. The summed E-state index contributed by atoms with van der Waals surface area (Å²) in [7, 11) is 1.73. The fourth-order valence-electron chi connectivity index (χ4n) is 3.09. The van der Waals surface area contributed by atoms with E-state index in [1.54, 1.807) is 25.2 Å². The zero-order valence-corrected chi connectivity index (χ0v) is 17.2. The summed E-state index contributed by atoms with van der Waals surface area (Å²) in [5.74, 6) is -2.01. The maximum absolute atomic E-state index is 13.4. The molecule has 0 aliphatic rings. The summed E-state index contributed by atoms with van der Waals surface area (Å²) in [6.07, 6.45) is 0.454. The molecule has 162 valence electrons. The van der Waals surface area contributed by atoms with Gasteiger partial charge in [0.2, 0.25) is 5.91 Å². The molecule has 2 aromatic carbocycles. The summed E-state index contributed by atoms with van der Waals surface area (Å²) < 4.78 is 39.6.